The van der Waals surface area contributed by atoms with Gasteiger partial charge in [0.2, 0.25) is 0 Å². The van der Waals surface area contributed by atoms with Gasteiger partial charge < -0.3 is 19.7 Å². The van der Waals surface area contributed by atoms with E-state index in [0.29, 0.717) is 19.3 Å². The molecule has 2 spiro atoms. The van der Waals surface area contributed by atoms with Crippen LogP contribution in [0.2, 0.25) is 0 Å². The van der Waals surface area contributed by atoms with Crippen molar-refractivity contribution < 1.29 is 24.5 Å². The number of aliphatic hydroxyl groups is 2. The first-order chi connectivity index (χ1) is 13.4. The molecule has 2 aliphatic carbocycles. The lowest BCUT2D eigenvalue weighted by Gasteiger charge is -2.60. The fourth-order valence-corrected chi connectivity index (χ4v) is 5.95. The number of esters is 1. The number of unbranched alkanes of at least 4 members (excludes halogenated alkanes) is 5. The Kier molecular flexibility index (Phi) is 5.45. The first-order valence-electron chi connectivity index (χ1n) is 11.1. The normalized spacial score (nSPS) is 44.4. The number of hydrogen-bond acceptors (Lipinski definition) is 5. The monoisotopic (exact) mass is 390 g/mol. The van der Waals surface area contributed by atoms with Crippen LogP contribution in [0.4, 0.5) is 0 Å². The molecule has 5 rings (SSSR count). The Bertz CT molecular complexity index is 670. The zero-order valence-corrected chi connectivity index (χ0v) is 17.1. The Morgan fingerprint density at radius 3 is 2.75 bits per heavy atom. The van der Waals surface area contributed by atoms with Crippen molar-refractivity contribution >= 4 is 5.97 Å². The molecule has 0 aromatic carbocycles. The summed E-state index contributed by atoms with van der Waals surface area (Å²) in [5, 5.41) is 21.1. The average Bonchev–Trinajstić information content (AvgIpc) is 2.96. The third-order valence-electron chi connectivity index (χ3n) is 7.36. The topological polar surface area (TPSA) is 76.0 Å². The molecule has 156 valence electrons. The predicted octanol–water partition coefficient (Wildman–Crippen LogP) is 3.43. The van der Waals surface area contributed by atoms with Crippen LogP contribution >= 0.6 is 0 Å². The molecule has 5 heteroatoms. The van der Waals surface area contributed by atoms with Crippen molar-refractivity contribution in [3.05, 3.63) is 23.8 Å². The maximum Gasteiger partial charge on any atom is 0.342 e. The van der Waals surface area contributed by atoms with Gasteiger partial charge >= 0.3 is 5.97 Å². The van der Waals surface area contributed by atoms with Gasteiger partial charge in [-0.25, -0.2) is 4.79 Å². The van der Waals surface area contributed by atoms with Gasteiger partial charge in [0.15, 0.2) is 5.60 Å². The number of carbonyl (C=O) groups excluding carboxylic acids is 1. The second-order valence-electron chi connectivity index (χ2n) is 9.27. The molecule has 28 heavy (non-hydrogen) atoms. The van der Waals surface area contributed by atoms with E-state index in [2.05, 4.69) is 19.1 Å². The summed E-state index contributed by atoms with van der Waals surface area (Å²) in [6.45, 7) is 4.25. The molecule has 2 saturated heterocycles. The zero-order valence-electron chi connectivity index (χ0n) is 17.1. The first-order valence-corrected chi connectivity index (χ1v) is 11.1. The predicted molar refractivity (Wildman–Crippen MR) is 106 cm³/mol. The summed E-state index contributed by atoms with van der Waals surface area (Å²) in [6.07, 6.45) is 13.2. The number of aliphatic hydroxyl groups excluding tert-OH is 2. The summed E-state index contributed by atoms with van der Waals surface area (Å²) in [5.74, 6) is -0.668. The molecule has 2 saturated carbocycles. The second-order valence-corrected chi connectivity index (χ2v) is 9.27. The molecular formula is C23H34O5. The lowest BCUT2D eigenvalue weighted by atomic mass is 9.57. The molecule has 0 amide bonds. The molecule has 0 aromatic rings. The molecule has 5 aliphatic rings. The van der Waals surface area contributed by atoms with Gasteiger partial charge in [0.25, 0.3) is 0 Å². The van der Waals surface area contributed by atoms with E-state index in [9.17, 15) is 15.0 Å². The molecule has 5 unspecified atom stereocenters. The molecular weight excluding hydrogens is 356 g/mol. The van der Waals surface area contributed by atoms with Gasteiger partial charge in [0.05, 0.1) is 18.3 Å². The summed E-state index contributed by atoms with van der Waals surface area (Å²) < 4.78 is 12.2. The van der Waals surface area contributed by atoms with Crippen molar-refractivity contribution in [3.63, 3.8) is 0 Å². The number of fused-ring (bicyclic) bond motifs is 2. The van der Waals surface area contributed by atoms with E-state index < -0.39 is 29.4 Å². The van der Waals surface area contributed by atoms with Gasteiger partial charge in [0, 0.05) is 24.7 Å². The van der Waals surface area contributed by atoms with Crippen LogP contribution in [0.3, 0.4) is 0 Å². The number of ether oxygens (including phenoxy) is 2. The Labute approximate surface area is 167 Å². The lowest BCUT2D eigenvalue weighted by molar-refractivity contribution is -0.290. The van der Waals surface area contributed by atoms with Crippen LogP contribution < -0.4 is 0 Å². The summed E-state index contributed by atoms with van der Waals surface area (Å²) in [4.78, 5) is 13.0. The van der Waals surface area contributed by atoms with Crippen molar-refractivity contribution in [1.82, 2.24) is 0 Å². The van der Waals surface area contributed by atoms with Crippen molar-refractivity contribution in [3.8, 4) is 0 Å². The number of carbonyl (C=O) groups is 1. The SMILES string of the molecule is CCCCCCC/C=C/[C@H]1O[C@@]23C(=O)OC4(CC(O)CC4C2C=C1C)CC3O. The Hall–Kier alpha value is -1.17. The Morgan fingerprint density at radius 2 is 2.00 bits per heavy atom. The average molecular weight is 391 g/mol. The highest BCUT2D eigenvalue weighted by Gasteiger charge is 2.74. The van der Waals surface area contributed by atoms with E-state index in [4.69, 9.17) is 9.47 Å². The third kappa shape index (κ3) is 3.06. The fraction of sp³-hybridized carbons (Fsp3) is 0.783. The van der Waals surface area contributed by atoms with Crippen LogP contribution in [0, 0.1) is 11.8 Å². The van der Waals surface area contributed by atoms with E-state index >= 15 is 0 Å². The standard InChI is InChI=1S/C23H34O5/c1-3-4-5-6-7-8-9-10-19-15(2)11-18-17-12-16(24)13-22(17)14-20(25)23(18,27-19)21(26)28-22/h9-11,16-20,24-25H,3-8,12-14H2,1-2H3/b10-9+/t16?,17?,18?,19-,20?,22?,23+/m1/s1. The van der Waals surface area contributed by atoms with Crippen molar-refractivity contribution in [2.24, 2.45) is 11.8 Å². The molecule has 3 heterocycles. The van der Waals surface area contributed by atoms with Crippen LogP contribution in [-0.4, -0.2) is 45.7 Å². The number of rotatable bonds is 7. The molecule has 5 nitrogen and oxygen atoms in total. The highest BCUT2D eigenvalue weighted by Crippen LogP contribution is 2.61. The highest BCUT2D eigenvalue weighted by atomic mass is 16.6. The molecule has 0 aromatic heterocycles. The van der Waals surface area contributed by atoms with Crippen molar-refractivity contribution in [1.29, 1.82) is 0 Å². The maximum atomic E-state index is 13.0. The van der Waals surface area contributed by atoms with Crippen molar-refractivity contribution in [2.75, 3.05) is 0 Å². The van der Waals surface area contributed by atoms with Crippen LogP contribution in [0.25, 0.3) is 0 Å². The van der Waals surface area contributed by atoms with E-state index in [1.165, 1.54) is 25.7 Å². The second kappa shape index (κ2) is 7.58. The zero-order chi connectivity index (χ0) is 19.9. The molecule has 4 fully saturated rings. The largest absolute Gasteiger partial charge is 0.456 e. The minimum absolute atomic E-state index is 0.0158. The smallest absolute Gasteiger partial charge is 0.342 e. The van der Waals surface area contributed by atoms with Crippen LogP contribution in [0.5, 0.6) is 0 Å². The first kappa shape index (κ1) is 20.1. The highest BCUT2D eigenvalue weighted by molar-refractivity contribution is 5.85. The van der Waals surface area contributed by atoms with Crippen LogP contribution in [0.15, 0.2) is 23.8 Å². The lowest BCUT2D eigenvalue weighted by Crippen LogP contribution is -2.75. The van der Waals surface area contributed by atoms with Crippen molar-refractivity contribution in [2.45, 2.75) is 101 Å². The van der Waals surface area contributed by atoms with Gasteiger partial charge in [-0.05, 0) is 31.8 Å². The van der Waals surface area contributed by atoms with Gasteiger partial charge in [-0.15, -0.1) is 0 Å². The van der Waals surface area contributed by atoms with Gasteiger partial charge in [-0.3, -0.25) is 0 Å². The fourth-order valence-electron chi connectivity index (χ4n) is 5.95. The minimum Gasteiger partial charge on any atom is -0.456 e. The molecule has 3 aliphatic heterocycles. The quantitative estimate of drug-likeness (QED) is 0.396. The minimum atomic E-state index is -1.33. The maximum absolute atomic E-state index is 13.0. The molecule has 2 bridgehead atoms. The number of allylic oxidation sites excluding steroid dienone is 1. The Morgan fingerprint density at radius 1 is 1.21 bits per heavy atom. The van der Waals surface area contributed by atoms with E-state index in [-0.39, 0.29) is 17.9 Å². The Balaban J connectivity index is 1.51. The van der Waals surface area contributed by atoms with Crippen LogP contribution in [-0.2, 0) is 14.3 Å². The summed E-state index contributed by atoms with van der Waals surface area (Å²) >= 11 is 0. The third-order valence-corrected chi connectivity index (χ3v) is 7.36. The van der Waals surface area contributed by atoms with E-state index in [0.717, 1.165) is 18.4 Å². The molecule has 7 atom stereocenters. The summed E-state index contributed by atoms with van der Waals surface area (Å²) in [5.41, 5.74) is -0.989. The van der Waals surface area contributed by atoms with Gasteiger partial charge in [-0.2, -0.15) is 0 Å². The van der Waals surface area contributed by atoms with Gasteiger partial charge in [0.1, 0.15) is 5.60 Å². The molecule has 0 radical (unpaired) electrons. The summed E-state index contributed by atoms with van der Waals surface area (Å²) in [6, 6.07) is 0. The van der Waals surface area contributed by atoms with E-state index in [1.807, 2.05) is 13.0 Å². The van der Waals surface area contributed by atoms with Crippen LogP contribution in [0.1, 0.15) is 71.6 Å². The molecule has 2 N–H and O–H groups in total. The van der Waals surface area contributed by atoms with Gasteiger partial charge in [-0.1, -0.05) is 50.8 Å². The number of hydrogen-bond donors (Lipinski definition) is 2. The van der Waals surface area contributed by atoms with E-state index in [1.54, 1.807) is 0 Å². The summed E-state index contributed by atoms with van der Waals surface area (Å²) in [7, 11) is 0.